The lowest BCUT2D eigenvalue weighted by Crippen LogP contribution is -2.21. The highest BCUT2D eigenvalue weighted by Crippen LogP contribution is 2.18. The molecule has 0 saturated carbocycles. The number of halogens is 1. The molecule has 3 heteroatoms. The quantitative estimate of drug-likeness (QED) is 0.841. The van der Waals surface area contributed by atoms with E-state index in [0.29, 0.717) is 6.54 Å². The molecular formula is C17H20BrNO. The zero-order chi connectivity index (χ0) is 14.4. The molecule has 0 fully saturated rings. The number of aliphatic hydroxyl groups excluding tert-OH is 1. The molecule has 0 aliphatic carbocycles. The maximum atomic E-state index is 10.2. The minimum Gasteiger partial charge on any atom is -0.387 e. The second-order valence-electron chi connectivity index (χ2n) is 4.82. The number of aliphatic hydroxyl groups is 1. The van der Waals surface area contributed by atoms with Crippen molar-refractivity contribution in [2.24, 2.45) is 0 Å². The Hall–Kier alpha value is -1.16. The smallest absolute Gasteiger partial charge is 0.0914 e. The molecule has 2 aromatic rings. The van der Waals surface area contributed by atoms with E-state index in [0.717, 1.165) is 23.0 Å². The molecule has 1 atom stereocenters. The lowest BCUT2D eigenvalue weighted by molar-refractivity contribution is 0.174. The summed E-state index contributed by atoms with van der Waals surface area (Å²) in [5, 5.41) is 13.5. The maximum Gasteiger partial charge on any atom is 0.0914 e. The predicted molar refractivity (Wildman–Crippen MR) is 86.6 cm³/mol. The van der Waals surface area contributed by atoms with Crippen LogP contribution in [0.15, 0.2) is 53.0 Å². The zero-order valence-corrected chi connectivity index (χ0v) is 13.2. The van der Waals surface area contributed by atoms with Crippen LogP contribution in [-0.4, -0.2) is 11.7 Å². The van der Waals surface area contributed by atoms with Gasteiger partial charge < -0.3 is 10.4 Å². The molecule has 0 radical (unpaired) electrons. The first-order valence-electron chi connectivity index (χ1n) is 6.91. The molecule has 0 heterocycles. The first-order chi connectivity index (χ1) is 9.70. The molecule has 2 nitrogen and oxygen atoms in total. The Morgan fingerprint density at radius 3 is 2.55 bits per heavy atom. The highest BCUT2D eigenvalue weighted by Gasteiger charge is 2.07. The van der Waals surface area contributed by atoms with Crippen molar-refractivity contribution in [3.8, 4) is 0 Å². The topological polar surface area (TPSA) is 32.3 Å². The van der Waals surface area contributed by atoms with E-state index in [-0.39, 0.29) is 0 Å². The van der Waals surface area contributed by atoms with E-state index in [4.69, 9.17) is 0 Å². The van der Waals surface area contributed by atoms with E-state index in [2.05, 4.69) is 52.4 Å². The van der Waals surface area contributed by atoms with Crippen LogP contribution in [0.5, 0.6) is 0 Å². The summed E-state index contributed by atoms with van der Waals surface area (Å²) in [5.41, 5.74) is 3.59. The van der Waals surface area contributed by atoms with Crippen LogP contribution in [0.4, 0.5) is 0 Å². The van der Waals surface area contributed by atoms with Gasteiger partial charge in [0.1, 0.15) is 0 Å². The minimum absolute atomic E-state index is 0.485. The van der Waals surface area contributed by atoms with Gasteiger partial charge in [-0.3, -0.25) is 0 Å². The largest absolute Gasteiger partial charge is 0.387 e. The Balaban J connectivity index is 1.89. The van der Waals surface area contributed by atoms with Crippen molar-refractivity contribution in [1.82, 2.24) is 5.32 Å². The van der Waals surface area contributed by atoms with E-state index in [1.165, 1.54) is 11.1 Å². The lowest BCUT2D eigenvalue weighted by atomic mass is 10.1. The van der Waals surface area contributed by atoms with E-state index < -0.39 is 6.10 Å². The number of benzene rings is 2. The molecule has 0 aliphatic rings. The van der Waals surface area contributed by atoms with E-state index in [1.54, 1.807) is 0 Å². The molecule has 2 N–H and O–H groups in total. The molecule has 106 valence electrons. The van der Waals surface area contributed by atoms with Gasteiger partial charge in [0.2, 0.25) is 0 Å². The van der Waals surface area contributed by atoms with Crippen molar-refractivity contribution >= 4 is 15.9 Å². The van der Waals surface area contributed by atoms with Crippen LogP contribution in [0.3, 0.4) is 0 Å². The maximum absolute atomic E-state index is 10.2. The monoisotopic (exact) mass is 333 g/mol. The third-order valence-electron chi connectivity index (χ3n) is 3.39. The van der Waals surface area contributed by atoms with Gasteiger partial charge in [0, 0.05) is 17.6 Å². The summed E-state index contributed by atoms with van der Waals surface area (Å²) in [4.78, 5) is 0. The van der Waals surface area contributed by atoms with Crippen molar-refractivity contribution < 1.29 is 5.11 Å². The van der Waals surface area contributed by atoms with Gasteiger partial charge in [-0.1, -0.05) is 59.3 Å². The molecular weight excluding hydrogens is 314 g/mol. The van der Waals surface area contributed by atoms with Crippen molar-refractivity contribution in [3.63, 3.8) is 0 Å². The van der Waals surface area contributed by atoms with Gasteiger partial charge in [0.15, 0.2) is 0 Å². The number of aryl methyl sites for hydroxylation is 1. The average molecular weight is 334 g/mol. The summed E-state index contributed by atoms with van der Waals surface area (Å²) >= 11 is 3.42. The van der Waals surface area contributed by atoms with Crippen LogP contribution in [0, 0.1) is 0 Å². The van der Waals surface area contributed by atoms with Crippen molar-refractivity contribution in [3.05, 3.63) is 69.7 Å². The van der Waals surface area contributed by atoms with Crippen molar-refractivity contribution in [2.75, 3.05) is 6.54 Å². The van der Waals surface area contributed by atoms with Gasteiger partial charge in [-0.2, -0.15) is 0 Å². The number of hydrogen-bond acceptors (Lipinski definition) is 2. The summed E-state index contributed by atoms with van der Waals surface area (Å²) in [5.74, 6) is 0. The van der Waals surface area contributed by atoms with Crippen LogP contribution < -0.4 is 5.32 Å². The molecule has 0 spiro atoms. The zero-order valence-electron chi connectivity index (χ0n) is 11.6. The van der Waals surface area contributed by atoms with Crippen LogP contribution in [0.2, 0.25) is 0 Å². The number of hydrogen-bond donors (Lipinski definition) is 2. The summed E-state index contributed by atoms with van der Waals surface area (Å²) in [6.07, 6.45) is 0.549. The molecule has 2 rings (SSSR count). The molecule has 0 saturated heterocycles. The van der Waals surface area contributed by atoms with Gasteiger partial charge in [-0.25, -0.2) is 0 Å². The molecule has 0 amide bonds. The van der Waals surface area contributed by atoms with Gasteiger partial charge in [0.05, 0.1) is 6.10 Å². The minimum atomic E-state index is -0.485. The third kappa shape index (κ3) is 4.17. The molecule has 0 bridgehead atoms. The van der Waals surface area contributed by atoms with E-state index in [9.17, 15) is 5.11 Å². The standard InChI is InChI=1S/C17H20BrNO/c1-2-13-6-3-4-7-15(13)11-19-12-17(20)14-8-5-9-16(18)10-14/h3-10,17,19-20H,2,11-12H2,1H3. The fraction of sp³-hybridized carbons (Fsp3) is 0.294. The van der Waals surface area contributed by atoms with Crippen LogP contribution in [-0.2, 0) is 13.0 Å². The summed E-state index contributed by atoms with van der Waals surface area (Å²) in [6, 6.07) is 16.2. The van der Waals surface area contributed by atoms with Crippen molar-refractivity contribution in [2.45, 2.75) is 26.0 Å². The summed E-state index contributed by atoms with van der Waals surface area (Å²) in [7, 11) is 0. The first kappa shape index (κ1) is 15.2. The Labute approximate surface area is 129 Å². The summed E-state index contributed by atoms with van der Waals surface area (Å²) < 4.78 is 0.991. The van der Waals surface area contributed by atoms with Gasteiger partial charge >= 0.3 is 0 Å². The molecule has 20 heavy (non-hydrogen) atoms. The van der Waals surface area contributed by atoms with E-state index >= 15 is 0 Å². The Kier molecular flexibility index (Phi) is 5.77. The Bertz CT molecular complexity index is 556. The van der Waals surface area contributed by atoms with Crippen LogP contribution in [0.25, 0.3) is 0 Å². The normalized spacial score (nSPS) is 12.3. The van der Waals surface area contributed by atoms with Crippen molar-refractivity contribution in [1.29, 1.82) is 0 Å². The highest BCUT2D eigenvalue weighted by atomic mass is 79.9. The molecule has 2 aromatic carbocycles. The second kappa shape index (κ2) is 7.58. The molecule has 1 unspecified atom stereocenters. The van der Waals surface area contributed by atoms with Gasteiger partial charge in [-0.05, 0) is 35.2 Å². The second-order valence-corrected chi connectivity index (χ2v) is 5.74. The Morgan fingerprint density at radius 1 is 1.10 bits per heavy atom. The molecule has 0 aromatic heterocycles. The first-order valence-corrected chi connectivity index (χ1v) is 7.71. The lowest BCUT2D eigenvalue weighted by Gasteiger charge is -2.14. The van der Waals surface area contributed by atoms with Crippen LogP contribution in [0.1, 0.15) is 29.7 Å². The molecule has 0 aliphatic heterocycles. The van der Waals surface area contributed by atoms with Gasteiger partial charge in [0.25, 0.3) is 0 Å². The number of rotatable bonds is 6. The SMILES string of the molecule is CCc1ccccc1CNCC(O)c1cccc(Br)c1. The van der Waals surface area contributed by atoms with Gasteiger partial charge in [-0.15, -0.1) is 0 Å². The average Bonchev–Trinajstić information content (AvgIpc) is 2.47. The van der Waals surface area contributed by atoms with E-state index in [1.807, 2.05) is 24.3 Å². The highest BCUT2D eigenvalue weighted by molar-refractivity contribution is 9.10. The predicted octanol–water partition coefficient (Wildman–Crippen LogP) is 3.83. The fourth-order valence-electron chi connectivity index (χ4n) is 2.25. The van der Waals surface area contributed by atoms with Crippen LogP contribution >= 0.6 is 15.9 Å². The number of nitrogens with one attached hydrogen (secondary N) is 1. The Morgan fingerprint density at radius 2 is 1.85 bits per heavy atom. The summed E-state index contributed by atoms with van der Waals surface area (Å²) in [6.45, 7) is 3.50. The fourth-order valence-corrected chi connectivity index (χ4v) is 2.67. The third-order valence-corrected chi connectivity index (χ3v) is 3.88.